The number of halogens is 1. The number of aliphatic hydroxyl groups is 1. The van der Waals surface area contributed by atoms with E-state index in [4.69, 9.17) is 12.6 Å². The van der Waals surface area contributed by atoms with E-state index in [9.17, 15) is 9.50 Å². The Morgan fingerprint density at radius 2 is 2.06 bits per heavy atom. The van der Waals surface area contributed by atoms with Gasteiger partial charge in [0.25, 0.3) is 0 Å². The molecule has 2 nitrogen and oxygen atoms in total. The summed E-state index contributed by atoms with van der Waals surface area (Å²) in [5.74, 6) is -0.319. The van der Waals surface area contributed by atoms with Crippen LogP contribution in [-0.4, -0.2) is 26.2 Å². The van der Waals surface area contributed by atoms with Gasteiger partial charge in [0.1, 0.15) is 13.7 Å². The fourth-order valence-electron chi connectivity index (χ4n) is 2.03. The maximum Gasteiger partial charge on any atom is 0.117 e. The van der Waals surface area contributed by atoms with Crippen molar-refractivity contribution in [1.29, 1.82) is 0 Å². The highest BCUT2D eigenvalue weighted by molar-refractivity contribution is 6.32. The van der Waals surface area contributed by atoms with Crippen LogP contribution in [0.2, 0.25) is 0 Å². The highest BCUT2D eigenvalue weighted by Crippen LogP contribution is 2.29. The van der Waals surface area contributed by atoms with E-state index in [1.807, 2.05) is 0 Å². The molecule has 0 aliphatic carbocycles. The van der Waals surface area contributed by atoms with Crippen LogP contribution in [-0.2, 0) is 4.74 Å². The van der Waals surface area contributed by atoms with E-state index in [1.54, 1.807) is 6.07 Å². The first kappa shape index (κ1) is 11.6. The van der Waals surface area contributed by atoms with E-state index in [-0.39, 0.29) is 11.4 Å². The van der Waals surface area contributed by atoms with Crippen LogP contribution in [0.1, 0.15) is 24.5 Å². The van der Waals surface area contributed by atoms with E-state index >= 15 is 0 Å². The molecule has 4 heteroatoms. The van der Waals surface area contributed by atoms with Crippen molar-refractivity contribution in [3.05, 3.63) is 29.6 Å². The minimum atomic E-state index is -0.626. The van der Waals surface area contributed by atoms with Crippen LogP contribution in [0.5, 0.6) is 0 Å². The molecular formula is C12H14BFO2. The molecule has 1 atom stereocenters. The smallest absolute Gasteiger partial charge is 0.117 e. The first-order chi connectivity index (χ1) is 7.68. The van der Waals surface area contributed by atoms with Gasteiger partial charge in [-0.3, -0.25) is 0 Å². The summed E-state index contributed by atoms with van der Waals surface area (Å²) >= 11 is 0. The third-order valence-corrected chi connectivity index (χ3v) is 3.08. The molecule has 0 spiro atoms. The Kier molecular flexibility index (Phi) is 3.61. The Hall–Kier alpha value is -0.865. The van der Waals surface area contributed by atoms with Gasteiger partial charge in [0.15, 0.2) is 0 Å². The molecule has 0 amide bonds. The van der Waals surface area contributed by atoms with Crippen molar-refractivity contribution in [2.75, 3.05) is 13.2 Å². The van der Waals surface area contributed by atoms with Gasteiger partial charge in [-0.05, 0) is 30.4 Å². The summed E-state index contributed by atoms with van der Waals surface area (Å²) in [6.45, 7) is 1.33. The highest BCUT2D eigenvalue weighted by Gasteiger charge is 2.23. The standard InChI is InChI=1S/C12H14BFO2/c13-10-2-1-9(7-11(10)14)12(15)8-3-5-16-6-4-8/h1-2,7-8,12,15H,3-6H2. The number of ether oxygens (including phenoxy) is 1. The van der Waals surface area contributed by atoms with Crippen LogP contribution in [0.4, 0.5) is 4.39 Å². The maximum atomic E-state index is 13.2. The second-order valence-corrected chi connectivity index (χ2v) is 4.18. The van der Waals surface area contributed by atoms with Crippen molar-refractivity contribution in [2.45, 2.75) is 18.9 Å². The summed E-state index contributed by atoms with van der Waals surface area (Å²) in [4.78, 5) is 0. The minimum Gasteiger partial charge on any atom is -0.388 e. The van der Waals surface area contributed by atoms with Crippen LogP contribution in [0.15, 0.2) is 18.2 Å². The Labute approximate surface area is 95.8 Å². The van der Waals surface area contributed by atoms with Gasteiger partial charge < -0.3 is 9.84 Å². The molecule has 2 rings (SSSR count). The van der Waals surface area contributed by atoms with Gasteiger partial charge in [0.2, 0.25) is 0 Å². The lowest BCUT2D eigenvalue weighted by molar-refractivity contribution is 0.00710. The molecule has 16 heavy (non-hydrogen) atoms. The Bertz CT molecular complexity index is 364. The van der Waals surface area contributed by atoms with Gasteiger partial charge in [-0.1, -0.05) is 17.6 Å². The van der Waals surface area contributed by atoms with Crippen LogP contribution in [0, 0.1) is 11.7 Å². The fourth-order valence-corrected chi connectivity index (χ4v) is 2.03. The molecule has 1 saturated heterocycles. The number of benzene rings is 1. The summed E-state index contributed by atoms with van der Waals surface area (Å²) < 4.78 is 18.5. The molecule has 1 unspecified atom stereocenters. The third kappa shape index (κ3) is 2.44. The lowest BCUT2D eigenvalue weighted by atomic mass is 9.87. The summed E-state index contributed by atoms with van der Waals surface area (Å²) in [6.07, 6.45) is 0.999. The van der Waals surface area contributed by atoms with E-state index < -0.39 is 11.9 Å². The van der Waals surface area contributed by atoms with Gasteiger partial charge in [-0.25, -0.2) is 4.39 Å². The molecule has 0 saturated carbocycles. The number of rotatable bonds is 2. The van der Waals surface area contributed by atoms with Crippen LogP contribution in [0.3, 0.4) is 0 Å². The van der Waals surface area contributed by atoms with Crippen molar-refractivity contribution in [3.63, 3.8) is 0 Å². The Balaban J connectivity index is 2.12. The average molecular weight is 220 g/mol. The molecule has 2 radical (unpaired) electrons. The molecular weight excluding hydrogens is 206 g/mol. The number of aliphatic hydroxyl groups excluding tert-OH is 1. The van der Waals surface area contributed by atoms with E-state index in [0.29, 0.717) is 18.8 Å². The third-order valence-electron chi connectivity index (χ3n) is 3.08. The summed E-state index contributed by atoms with van der Waals surface area (Å²) in [5, 5.41) is 10.1. The molecule has 0 bridgehead atoms. The second-order valence-electron chi connectivity index (χ2n) is 4.18. The zero-order valence-electron chi connectivity index (χ0n) is 9.03. The van der Waals surface area contributed by atoms with E-state index in [1.165, 1.54) is 12.1 Å². The van der Waals surface area contributed by atoms with Crippen molar-refractivity contribution < 1.29 is 14.2 Å². The molecule has 1 aliphatic rings. The monoisotopic (exact) mass is 220 g/mol. The molecule has 0 aromatic heterocycles. The van der Waals surface area contributed by atoms with Gasteiger partial charge in [0, 0.05) is 13.2 Å². The summed E-state index contributed by atoms with van der Waals surface area (Å²) in [6, 6.07) is 4.49. The van der Waals surface area contributed by atoms with Gasteiger partial charge in [-0.2, -0.15) is 0 Å². The normalized spacial score (nSPS) is 19.6. The maximum absolute atomic E-state index is 13.2. The first-order valence-electron chi connectivity index (χ1n) is 5.49. The predicted molar refractivity (Wildman–Crippen MR) is 60.3 cm³/mol. The molecule has 1 aromatic rings. The summed E-state index contributed by atoms with van der Waals surface area (Å²) in [5.41, 5.74) is 0.710. The first-order valence-corrected chi connectivity index (χ1v) is 5.49. The summed E-state index contributed by atoms with van der Waals surface area (Å²) in [7, 11) is 5.39. The lowest BCUT2D eigenvalue weighted by Crippen LogP contribution is -2.22. The van der Waals surface area contributed by atoms with E-state index in [0.717, 1.165) is 12.8 Å². The molecule has 1 aromatic carbocycles. The molecule has 1 heterocycles. The quantitative estimate of drug-likeness (QED) is 0.755. The van der Waals surface area contributed by atoms with Crippen molar-refractivity contribution in [1.82, 2.24) is 0 Å². The zero-order chi connectivity index (χ0) is 11.5. The lowest BCUT2D eigenvalue weighted by Gasteiger charge is -2.27. The number of hydrogen-bond donors (Lipinski definition) is 1. The Morgan fingerprint density at radius 3 is 2.69 bits per heavy atom. The fraction of sp³-hybridized carbons (Fsp3) is 0.500. The second kappa shape index (κ2) is 4.98. The topological polar surface area (TPSA) is 29.5 Å². The molecule has 1 fully saturated rings. The highest BCUT2D eigenvalue weighted by atomic mass is 19.1. The van der Waals surface area contributed by atoms with Crippen molar-refractivity contribution >= 4 is 13.3 Å². The van der Waals surface area contributed by atoms with Crippen molar-refractivity contribution in [3.8, 4) is 0 Å². The minimum absolute atomic E-state index is 0.114. The van der Waals surface area contributed by atoms with Crippen LogP contribution < -0.4 is 5.46 Å². The van der Waals surface area contributed by atoms with Gasteiger partial charge in [-0.15, -0.1) is 0 Å². The zero-order valence-corrected chi connectivity index (χ0v) is 9.03. The Morgan fingerprint density at radius 1 is 1.38 bits per heavy atom. The van der Waals surface area contributed by atoms with Gasteiger partial charge in [0.05, 0.1) is 6.10 Å². The molecule has 1 N–H and O–H groups in total. The largest absolute Gasteiger partial charge is 0.388 e. The SMILES string of the molecule is [B]c1ccc(C(O)C2CCOCC2)cc1F. The molecule has 1 aliphatic heterocycles. The average Bonchev–Trinajstić information content (AvgIpc) is 2.33. The van der Waals surface area contributed by atoms with Crippen LogP contribution >= 0.6 is 0 Å². The predicted octanol–water partition coefficient (Wildman–Crippen LogP) is 1.08. The van der Waals surface area contributed by atoms with Crippen molar-refractivity contribution in [2.24, 2.45) is 5.92 Å². The molecule has 84 valence electrons. The van der Waals surface area contributed by atoms with Crippen LogP contribution in [0.25, 0.3) is 0 Å². The van der Waals surface area contributed by atoms with Gasteiger partial charge >= 0.3 is 0 Å². The van der Waals surface area contributed by atoms with E-state index in [2.05, 4.69) is 0 Å². The number of hydrogen-bond acceptors (Lipinski definition) is 2.